The van der Waals surface area contributed by atoms with Crippen LogP contribution in [0.2, 0.25) is 0 Å². The molecule has 0 saturated heterocycles. The highest BCUT2D eigenvalue weighted by Gasteiger charge is 2.31. The third-order valence-electron chi connectivity index (χ3n) is 4.18. The van der Waals surface area contributed by atoms with Crippen molar-refractivity contribution in [1.82, 2.24) is 24.5 Å². The zero-order valence-electron chi connectivity index (χ0n) is 15.7. The Labute approximate surface area is 184 Å². The van der Waals surface area contributed by atoms with Gasteiger partial charge in [0.25, 0.3) is 0 Å². The summed E-state index contributed by atoms with van der Waals surface area (Å²) >= 11 is 0.675. The molecule has 0 aliphatic carbocycles. The summed E-state index contributed by atoms with van der Waals surface area (Å²) < 4.78 is 62.8. The second kappa shape index (κ2) is 8.41. The van der Waals surface area contributed by atoms with E-state index in [1.807, 2.05) is 0 Å². The van der Waals surface area contributed by atoms with Gasteiger partial charge >= 0.3 is 3.93 Å². The number of aromatic nitrogens is 5. The monoisotopic (exact) mass is 549 g/mol. The van der Waals surface area contributed by atoms with Crippen molar-refractivity contribution >= 4 is 38.6 Å². The third kappa shape index (κ3) is 4.53. The van der Waals surface area contributed by atoms with Crippen LogP contribution < -0.4 is 0 Å². The second-order valence-corrected chi connectivity index (χ2v) is 9.71. The van der Waals surface area contributed by atoms with E-state index in [-0.39, 0.29) is 27.7 Å². The summed E-state index contributed by atoms with van der Waals surface area (Å²) in [5.74, 6) is -1.57. The Bertz CT molecular complexity index is 1210. The fourth-order valence-corrected chi connectivity index (χ4v) is 3.77. The Morgan fingerprint density at radius 1 is 1.20 bits per heavy atom. The van der Waals surface area contributed by atoms with E-state index in [9.17, 15) is 21.6 Å². The van der Waals surface area contributed by atoms with Gasteiger partial charge in [0.05, 0.1) is 17.0 Å². The molecule has 0 amide bonds. The van der Waals surface area contributed by atoms with Crippen LogP contribution in [0.25, 0.3) is 29.0 Å². The molecule has 0 fully saturated rings. The highest BCUT2D eigenvalue weighted by atomic mass is 127. The summed E-state index contributed by atoms with van der Waals surface area (Å²) in [7, 11) is -3.74. The maximum absolute atomic E-state index is 13.7. The van der Waals surface area contributed by atoms with E-state index in [1.54, 1.807) is 6.07 Å². The Kier molecular flexibility index (Phi) is 6.26. The molecule has 3 rings (SSSR count). The lowest BCUT2D eigenvalue weighted by molar-refractivity contribution is 0.140. The minimum Gasteiger partial charge on any atom is -0.307 e. The van der Waals surface area contributed by atoms with Crippen molar-refractivity contribution in [3.63, 3.8) is 0 Å². The molecule has 3 aromatic rings. The standard InChI is InChI=1S/C18H15F3IN5O2S/c1-3-30(28,29)13-7-12(17-23-5-4-6-24-17)8-25-16(13)15-11(2)27(10-26-15)9-14(19)18(20,21)22/h4-10H,3H2,1-2H3/b14-9-. The van der Waals surface area contributed by atoms with Crippen molar-refractivity contribution in [1.29, 1.82) is 0 Å². The fraction of sp³-hybridized carbons (Fsp3) is 0.222. The first kappa shape index (κ1) is 22.3. The van der Waals surface area contributed by atoms with E-state index in [0.717, 1.165) is 10.9 Å². The van der Waals surface area contributed by atoms with Gasteiger partial charge in [-0.2, -0.15) is 8.78 Å². The molecule has 0 aliphatic heterocycles. The maximum Gasteiger partial charge on any atom is 0.348 e. The van der Waals surface area contributed by atoms with E-state index in [1.165, 1.54) is 38.5 Å². The first-order valence-corrected chi connectivity index (χ1v) is 11.3. The van der Waals surface area contributed by atoms with Crippen LogP contribution in [-0.2, 0) is 9.84 Å². The van der Waals surface area contributed by atoms with E-state index in [0.29, 0.717) is 40.2 Å². The molecule has 3 aromatic heterocycles. The van der Waals surface area contributed by atoms with Crippen LogP contribution in [0.3, 0.4) is 0 Å². The number of nitrogens with zero attached hydrogens (tertiary/aromatic N) is 5. The van der Waals surface area contributed by atoms with E-state index in [4.69, 9.17) is 0 Å². The van der Waals surface area contributed by atoms with Crippen molar-refractivity contribution in [3.8, 4) is 22.8 Å². The molecule has 0 radical (unpaired) electrons. The van der Waals surface area contributed by atoms with Crippen LogP contribution in [0.1, 0.15) is 12.6 Å². The van der Waals surface area contributed by atoms with Gasteiger partial charge in [0.15, 0.2) is 21.5 Å². The van der Waals surface area contributed by atoms with Crippen molar-refractivity contribution in [2.24, 2.45) is 0 Å². The molecule has 0 saturated carbocycles. The zero-order chi connectivity index (χ0) is 22.1. The number of hydrogen-bond acceptors (Lipinski definition) is 6. The quantitative estimate of drug-likeness (QED) is 0.337. The summed E-state index contributed by atoms with van der Waals surface area (Å²) in [6.07, 6.45) is 6.14. The van der Waals surface area contributed by atoms with Gasteiger partial charge in [-0.05, 0) is 19.1 Å². The fourth-order valence-electron chi connectivity index (χ4n) is 2.57. The van der Waals surface area contributed by atoms with Gasteiger partial charge < -0.3 is 4.57 Å². The molecule has 0 unspecified atom stereocenters. The Morgan fingerprint density at radius 2 is 1.87 bits per heavy atom. The van der Waals surface area contributed by atoms with E-state index in [2.05, 4.69) is 19.9 Å². The van der Waals surface area contributed by atoms with Gasteiger partial charge in [-0.15, -0.1) is 0 Å². The third-order valence-corrected chi connectivity index (χ3v) is 6.44. The lowest BCUT2D eigenvalue weighted by Gasteiger charge is -2.10. The second-order valence-electron chi connectivity index (χ2n) is 6.11. The zero-order valence-corrected chi connectivity index (χ0v) is 18.7. The summed E-state index contributed by atoms with van der Waals surface area (Å²) in [5, 5.41) is 0. The first-order chi connectivity index (χ1) is 14.0. The minimum absolute atomic E-state index is 0.0304. The summed E-state index contributed by atoms with van der Waals surface area (Å²) in [6.45, 7) is 2.98. The summed E-state index contributed by atoms with van der Waals surface area (Å²) in [6, 6.07) is 3.02. The predicted molar refractivity (Wildman–Crippen MR) is 113 cm³/mol. The normalized spacial score (nSPS) is 12.9. The Morgan fingerprint density at radius 3 is 2.47 bits per heavy atom. The van der Waals surface area contributed by atoms with Crippen LogP contribution in [0.15, 0.2) is 47.8 Å². The predicted octanol–water partition coefficient (Wildman–Crippen LogP) is 4.30. The minimum atomic E-state index is -3.74. The van der Waals surface area contributed by atoms with Crippen LogP contribution in [0.5, 0.6) is 0 Å². The number of rotatable bonds is 6. The molecule has 0 bridgehead atoms. The largest absolute Gasteiger partial charge is 0.348 e. The van der Waals surface area contributed by atoms with Gasteiger partial charge in [-0.1, -0.05) is 6.92 Å². The number of halogens is 4. The number of imidazole rings is 1. The Hall–Kier alpha value is -2.35. The molecule has 3 heterocycles. The summed E-state index contributed by atoms with van der Waals surface area (Å²) in [5.41, 5.74) is 0.791. The molecule has 0 aromatic carbocycles. The number of alkyl halides is 3. The van der Waals surface area contributed by atoms with Crippen molar-refractivity contribution in [2.75, 3.05) is 5.75 Å². The highest BCUT2D eigenvalue weighted by molar-refractivity contribution is 14.1. The van der Waals surface area contributed by atoms with E-state index < -0.39 is 19.6 Å². The van der Waals surface area contributed by atoms with Crippen molar-refractivity contribution in [3.05, 3.63) is 48.6 Å². The van der Waals surface area contributed by atoms with E-state index >= 15 is 0 Å². The molecule has 0 aliphatic rings. The molecule has 12 heteroatoms. The SMILES string of the molecule is CCS(=O)(=O)c1cc(-c2ncccn2)cnc1-c1ncn(/C=C(\F)C(F)(F)I)c1C. The average Bonchev–Trinajstić information content (AvgIpc) is 3.07. The van der Waals surface area contributed by atoms with Gasteiger partial charge in [0.2, 0.25) is 0 Å². The van der Waals surface area contributed by atoms with Crippen LogP contribution in [-0.4, -0.2) is 42.6 Å². The number of hydrogen-bond donors (Lipinski definition) is 0. The molecular weight excluding hydrogens is 534 g/mol. The molecule has 0 spiro atoms. The van der Waals surface area contributed by atoms with Gasteiger partial charge in [-0.25, -0.2) is 27.8 Å². The molecule has 7 nitrogen and oxygen atoms in total. The van der Waals surface area contributed by atoms with Crippen LogP contribution in [0.4, 0.5) is 13.2 Å². The lowest BCUT2D eigenvalue weighted by Crippen LogP contribution is -2.08. The van der Waals surface area contributed by atoms with Crippen LogP contribution in [0, 0.1) is 6.92 Å². The highest BCUT2D eigenvalue weighted by Crippen LogP contribution is 2.34. The van der Waals surface area contributed by atoms with Crippen LogP contribution >= 0.6 is 22.6 Å². The molecule has 158 valence electrons. The average molecular weight is 549 g/mol. The summed E-state index contributed by atoms with van der Waals surface area (Å²) in [4.78, 5) is 16.4. The molecule has 0 N–H and O–H groups in total. The molecule has 0 atom stereocenters. The smallest absolute Gasteiger partial charge is 0.307 e. The van der Waals surface area contributed by atoms with Gasteiger partial charge in [0, 0.05) is 58.6 Å². The molecule has 30 heavy (non-hydrogen) atoms. The Balaban J connectivity index is 2.18. The van der Waals surface area contributed by atoms with Crippen molar-refractivity contribution in [2.45, 2.75) is 22.7 Å². The first-order valence-electron chi connectivity index (χ1n) is 8.53. The lowest BCUT2D eigenvalue weighted by atomic mass is 10.2. The molecular formula is C18H15F3IN5O2S. The maximum atomic E-state index is 13.7. The number of pyridine rings is 1. The topological polar surface area (TPSA) is 90.6 Å². The number of allylic oxidation sites excluding steroid dienone is 1. The number of sulfone groups is 1. The van der Waals surface area contributed by atoms with Gasteiger partial charge in [0.1, 0.15) is 11.4 Å². The van der Waals surface area contributed by atoms with Crippen molar-refractivity contribution < 1.29 is 21.6 Å². The van der Waals surface area contributed by atoms with Gasteiger partial charge in [-0.3, -0.25) is 4.98 Å².